The molecule has 0 spiro atoms. The van der Waals surface area contributed by atoms with Gasteiger partial charge in [0, 0.05) is 25.6 Å². The van der Waals surface area contributed by atoms with Crippen molar-refractivity contribution < 1.29 is 19.1 Å². The Labute approximate surface area is 197 Å². The Kier molecular flexibility index (Phi) is 15.9. The Morgan fingerprint density at radius 1 is 1.33 bits per heavy atom. The van der Waals surface area contributed by atoms with Crippen molar-refractivity contribution in [2.24, 2.45) is 0 Å². The average molecular weight is 460 g/mol. The van der Waals surface area contributed by atoms with E-state index >= 15 is 0 Å². The van der Waals surface area contributed by atoms with Crippen LogP contribution in [0.3, 0.4) is 0 Å². The van der Waals surface area contributed by atoms with Crippen LogP contribution >= 0.6 is 0 Å². The second-order valence-corrected chi connectivity index (χ2v) is 6.95. The molecule has 1 aliphatic heterocycles. The van der Waals surface area contributed by atoms with Crippen molar-refractivity contribution in [3.8, 4) is 0 Å². The van der Waals surface area contributed by atoms with Crippen molar-refractivity contribution in [3.63, 3.8) is 0 Å². The minimum Gasteiger partial charge on any atom is -0.400 e. The van der Waals surface area contributed by atoms with E-state index in [-0.39, 0.29) is 11.7 Å². The summed E-state index contributed by atoms with van der Waals surface area (Å²) in [7, 11) is 1.00. The van der Waals surface area contributed by atoms with Gasteiger partial charge in [-0.05, 0) is 56.2 Å². The van der Waals surface area contributed by atoms with Crippen LogP contribution in [0.25, 0.3) is 0 Å². The highest BCUT2D eigenvalue weighted by molar-refractivity contribution is 5.96. The van der Waals surface area contributed by atoms with E-state index in [1.807, 2.05) is 26.0 Å². The van der Waals surface area contributed by atoms with Gasteiger partial charge in [-0.1, -0.05) is 50.8 Å². The van der Waals surface area contributed by atoms with Crippen LogP contribution in [0.2, 0.25) is 0 Å². The molecule has 0 saturated carbocycles. The number of unbranched alkanes of at least 4 members (excludes halogenated alkanes) is 1. The molecule has 1 atom stereocenters. The number of aldehydes is 1. The van der Waals surface area contributed by atoms with Gasteiger partial charge in [-0.15, -0.1) is 0 Å². The van der Waals surface area contributed by atoms with Crippen molar-refractivity contribution in [2.45, 2.75) is 58.9 Å². The van der Waals surface area contributed by atoms with E-state index in [1.165, 1.54) is 17.2 Å². The maximum atomic E-state index is 13.6. The van der Waals surface area contributed by atoms with E-state index in [2.05, 4.69) is 11.9 Å². The highest BCUT2D eigenvalue weighted by Gasteiger charge is 2.32. The Morgan fingerprint density at radius 2 is 2.00 bits per heavy atom. The van der Waals surface area contributed by atoms with Crippen LogP contribution in [0.4, 0.5) is 4.39 Å². The van der Waals surface area contributed by atoms with Crippen molar-refractivity contribution >= 4 is 18.4 Å². The number of nitrogens with one attached hydrogen (secondary N) is 2. The van der Waals surface area contributed by atoms with Gasteiger partial charge in [0.05, 0.1) is 11.7 Å². The third-order valence-corrected chi connectivity index (χ3v) is 4.98. The minimum atomic E-state index is -0.470. The van der Waals surface area contributed by atoms with Gasteiger partial charge in [0.2, 0.25) is 0 Å². The number of allylic oxidation sites excluding steroid dienone is 3. The lowest BCUT2D eigenvalue weighted by atomic mass is 10.1. The second-order valence-electron chi connectivity index (χ2n) is 6.95. The molecule has 1 heterocycles. The molecule has 7 heteroatoms. The van der Waals surface area contributed by atoms with E-state index in [4.69, 9.17) is 10.5 Å². The largest absolute Gasteiger partial charge is 0.400 e. The maximum Gasteiger partial charge on any atom is 0.274 e. The number of hydrogen-bond acceptors (Lipinski definition) is 5. The first-order valence-corrected chi connectivity index (χ1v) is 11.3. The smallest absolute Gasteiger partial charge is 0.274 e. The number of carbonyl (C=O) groups excluding carboxylic acids is 2. The van der Waals surface area contributed by atoms with E-state index < -0.39 is 6.04 Å². The molecule has 1 amide bonds. The SMILES string of the molecule is C=C1CCC(C=O)N1C(=O)/C(=C\C)NC/C(C=N)=C/CCCc1ccccc1F.CC.CO. The first kappa shape index (κ1) is 29.9. The van der Waals surface area contributed by atoms with Crippen molar-refractivity contribution in [2.75, 3.05) is 13.7 Å². The van der Waals surface area contributed by atoms with Crippen LogP contribution in [0.15, 0.2) is 60.0 Å². The lowest BCUT2D eigenvalue weighted by Gasteiger charge is -2.23. The fourth-order valence-corrected chi connectivity index (χ4v) is 3.31. The predicted molar refractivity (Wildman–Crippen MR) is 133 cm³/mol. The van der Waals surface area contributed by atoms with E-state index in [0.29, 0.717) is 49.2 Å². The Balaban J connectivity index is 0.00000242. The minimum absolute atomic E-state index is 0.196. The molecule has 1 aliphatic rings. The number of aliphatic hydroxyl groups is 1. The average Bonchev–Trinajstić information content (AvgIpc) is 3.24. The summed E-state index contributed by atoms with van der Waals surface area (Å²) >= 11 is 0. The topological polar surface area (TPSA) is 93.5 Å². The number of benzene rings is 1. The fraction of sp³-hybridized carbons (Fsp3) is 0.423. The van der Waals surface area contributed by atoms with Crippen LogP contribution in [-0.4, -0.2) is 48.1 Å². The van der Waals surface area contributed by atoms with Crippen LogP contribution < -0.4 is 5.32 Å². The van der Waals surface area contributed by atoms with Gasteiger partial charge in [0.25, 0.3) is 5.91 Å². The summed E-state index contributed by atoms with van der Waals surface area (Å²) in [6.07, 6.45) is 8.93. The number of hydrogen-bond donors (Lipinski definition) is 3. The van der Waals surface area contributed by atoms with Crippen molar-refractivity contribution in [1.29, 1.82) is 5.41 Å². The summed E-state index contributed by atoms with van der Waals surface area (Å²) in [6.45, 7) is 9.95. The highest BCUT2D eigenvalue weighted by Crippen LogP contribution is 2.26. The number of amides is 1. The second kappa shape index (κ2) is 17.5. The zero-order valence-electron chi connectivity index (χ0n) is 20.2. The molecule has 182 valence electrons. The summed E-state index contributed by atoms with van der Waals surface area (Å²) in [5, 5.41) is 17.7. The Hall–Kier alpha value is -3.06. The molecule has 2 rings (SSSR count). The number of aryl methyl sites for hydroxylation is 1. The van der Waals surface area contributed by atoms with Crippen LogP contribution in [-0.2, 0) is 16.0 Å². The van der Waals surface area contributed by atoms with E-state index in [1.54, 1.807) is 25.1 Å². The third-order valence-electron chi connectivity index (χ3n) is 4.98. The lowest BCUT2D eigenvalue weighted by Crippen LogP contribution is -2.39. The first-order valence-electron chi connectivity index (χ1n) is 11.3. The molecular formula is C26H38FN3O3. The van der Waals surface area contributed by atoms with E-state index in [0.717, 1.165) is 25.4 Å². The number of rotatable bonds is 10. The summed E-state index contributed by atoms with van der Waals surface area (Å²) in [4.78, 5) is 25.4. The molecule has 0 bridgehead atoms. The number of carbonyl (C=O) groups is 2. The van der Waals surface area contributed by atoms with Gasteiger partial charge in [-0.25, -0.2) is 4.39 Å². The summed E-state index contributed by atoms with van der Waals surface area (Å²) < 4.78 is 13.6. The van der Waals surface area contributed by atoms with E-state index in [9.17, 15) is 14.0 Å². The molecule has 1 fully saturated rings. The standard InChI is InChI=1S/C23H28FN3O2.C2H6.CH4O/c1-3-22(23(29)27-17(2)12-13-20(27)16-28)26-15-18(14-25)8-4-5-9-19-10-6-7-11-21(19)24;2*1-2/h3,6-8,10-11,14,16,20,25-26H,2,4-5,9,12-13,15H2,1H3;1-2H3;2H,1H3/b18-8+,22-3+,25-14?;;. The van der Waals surface area contributed by atoms with Gasteiger partial charge in [0.15, 0.2) is 0 Å². The molecular weight excluding hydrogens is 421 g/mol. The van der Waals surface area contributed by atoms with Crippen LogP contribution in [0.5, 0.6) is 0 Å². The number of nitrogens with zero attached hydrogens (tertiary/aromatic N) is 1. The molecule has 1 aromatic carbocycles. The molecule has 1 aromatic rings. The van der Waals surface area contributed by atoms with Crippen LogP contribution in [0.1, 0.15) is 52.0 Å². The molecule has 3 N–H and O–H groups in total. The zero-order valence-corrected chi connectivity index (χ0v) is 20.2. The number of likely N-dealkylation sites (tertiary alicyclic amines) is 1. The lowest BCUT2D eigenvalue weighted by molar-refractivity contribution is -0.129. The van der Waals surface area contributed by atoms with Gasteiger partial charge in [-0.3, -0.25) is 4.79 Å². The molecule has 0 aromatic heterocycles. The monoisotopic (exact) mass is 459 g/mol. The van der Waals surface area contributed by atoms with Crippen LogP contribution in [0, 0.1) is 11.2 Å². The summed E-state index contributed by atoms with van der Waals surface area (Å²) in [6, 6.07) is 6.26. The van der Waals surface area contributed by atoms with Crippen molar-refractivity contribution in [1.82, 2.24) is 10.2 Å². The molecule has 0 aliphatic carbocycles. The normalized spacial score (nSPS) is 15.6. The number of halogens is 1. The van der Waals surface area contributed by atoms with Crippen molar-refractivity contribution in [3.05, 3.63) is 71.3 Å². The summed E-state index contributed by atoms with van der Waals surface area (Å²) in [5.74, 6) is -0.477. The quantitative estimate of drug-likeness (QED) is 0.207. The van der Waals surface area contributed by atoms with Gasteiger partial charge in [0.1, 0.15) is 12.1 Å². The first-order chi connectivity index (χ1) is 16.0. The highest BCUT2D eigenvalue weighted by atomic mass is 19.1. The molecule has 33 heavy (non-hydrogen) atoms. The summed E-state index contributed by atoms with van der Waals surface area (Å²) in [5.41, 5.74) is 2.44. The Bertz CT molecular complexity index is 834. The molecule has 1 saturated heterocycles. The molecule has 6 nitrogen and oxygen atoms in total. The van der Waals surface area contributed by atoms with Gasteiger partial charge >= 0.3 is 0 Å². The molecule has 0 radical (unpaired) electrons. The maximum absolute atomic E-state index is 13.6. The molecule has 1 unspecified atom stereocenters. The fourth-order valence-electron chi connectivity index (χ4n) is 3.31. The third kappa shape index (κ3) is 9.53. The zero-order chi connectivity index (χ0) is 25.2. The van der Waals surface area contributed by atoms with Gasteiger partial charge in [-0.2, -0.15) is 0 Å². The van der Waals surface area contributed by atoms with Gasteiger partial charge < -0.3 is 25.5 Å². The number of aliphatic hydroxyl groups excluding tert-OH is 1. The Morgan fingerprint density at radius 3 is 2.58 bits per heavy atom. The predicted octanol–water partition coefficient (Wildman–Crippen LogP) is 4.56.